The normalized spacial score (nSPS) is 10.4. The van der Waals surface area contributed by atoms with Crippen molar-refractivity contribution in [2.75, 3.05) is 0 Å². The van der Waals surface area contributed by atoms with Gasteiger partial charge in [0.1, 0.15) is 12.4 Å². The van der Waals surface area contributed by atoms with Crippen LogP contribution >= 0.6 is 11.6 Å². The van der Waals surface area contributed by atoms with Crippen LogP contribution in [0.3, 0.4) is 0 Å². The predicted molar refractivity (Wildman–Crippen MR) is 99.0 cm³/mol. The fourth-order valence-corrected chi connectivity index (χ4v) is 2.83. The molecule has 0 aromatic heterocycles. The molecular formula is C21H17ClO3. The Kier molecular flexibility index (Phi) is 5.36. The van der Waals surface area contributed by atoms with E-state index in [4.69, 9.17) is 21.4 Å². The number of carboxylic acids is 1. The Morgan fingerprint density at radius 3 is 2.40 bits per heavy atom. The monoisotopic (exact) mass is 352 g/mol. The minimum atomic E-state index is -0.902. The van der Waals surface area contributed by atoms with Crippen molar-refractivity contribution in [3.63, 3.8) is 0 Å². The summed E-state index contributed by atoms with van der Waals surface area (Å²) < 4.78 is 5.98. The van der Waals surface area contributed by atoms with Crippen molar-refractivity contribution >= 4 is 17.6 Å². The van der Waals surface area contributed by atoms with E-state index >= 15 is 0 Å². The molecule has 0 aliphatic carbocycles. The van der Waals surface area contributed by atoms with Crippen LogP contribution in [0.1, 0.15) is 11.1 Å². The van der Waals surface area contributed by atoms with Gasteiger partial charge in [0.2, 0.25) is 0 Å². The quantitative estimate of drug-likeness (QED) is 0.662. The number of carbonyl (C=O) groups is 1. The van der Waals surface area contributed by atoms with Crippen LogP contribution in [0.4, 0.5) is 0 Å². The molecule has 0 heterocycles. The van der Waals surface area contributed by atoms with Gasteiger partial charge in [0.25, 0.3) is 0 Å². The second-order valence-corrected chi connectivity index (χ2v) is 6.05. The summed E-state index contributed by atoms with van der Waals surface area (Å²) in [4.78, 5) is 10.9. The lowest BCUT2D eigenvalue weighted by molar-refractivity contribution is -0.136. The molecule has 3 nitrogen and oxygen atoms in total. The van der Waals surface area contributed by atoms with Gasteiger partial charge in [0, 0.05) is 10.6 Å². The second-order valence-electron chi connectivity index (χ2n) is 5.65. The van der Waals surface area contributed by atoms with Gasteiger partial charge in [-0.25, -0.2) is 0 Å². The van der Waals surface area contributed by atoms with Gasteiger partial charge in [-0.3, -0.25) is 4.79 Å². The Hall–Kier alpha value is -2.78. The summed E-state index contributed by atoms with van der Waals surface area (Å²) >= 11 is 6.24. The molecule has 0 spiro atoms. The first-order valence-corrected chi connectivity index (χ1v) is 8.27. The van der Waals surface area contributed by atoms with Crippen molar-refractivity contribution in [1.82, 2.24) is 0 Å². The highest BCUT2D eigenvalue weighted by atomic mass is 35.5. The number of carboxylic acid groups (broad SMARTS) is 1. The molecule has 0 fully saturated rings. The van der Waals surface area contributed by atoms with E-state index in [9.17, 15) is 4.79 Å². The highest BCUT2D eigenvalue weighted by molar-refractivity contribution is 6.31. The standard InChI is InChI=1S/C21H17ClO3/c22-19-12-16(10-11-17(19)13-21(23)24)18-8-4-5-9-20(18)25-14-15-6-2-1-3-7-15/h1-12H,13-14H2,(H,23,24). The van der Waals surface area contributed by atoms with Crippen molar-refractivity contribution in [1.29, 1.82) is 0 Å². The van der Waals surface area contributed by atoms with Crippen LogP contribution in [0.2, 0.25) is 5.02 Å². The van der Waals surface area contributed by atoms with E-state index in [0.29, 0.717) is 17.2 Å². The number of halogens is 1. The molecule has 3 aromatic rings. The van der Waals surface area contributed by atoms with Crippen molar-refractivity contribution in [2.45, 2.75) is 13.0 Å². The van der Waals surface area contributed by atoms with Crippen LogP contribution in [-0.2, 0) is 17.8 Å². The largest absolute Gasteiger partial charge is 0.488 e. The molecule has 0 amide bonds. The van der Waals surface area contributed by atoms with Gasteiger partial charge >= 0.3 is 5.97 Å². The first-order valence-electron chi connectivity index (χ1n) is 7.90. The van der Waals surface area contributed by atoms with E-state index in [0.717, 1.165) is 22.4 Å². The molecule has 4 heteroatoms. The van der Waals surface area contributed by atoms with Gasteiger partial charge in [-0.15, -0.1) is 0 Å². The number of benzene rings is 3. The summed E-state index contributed by atoms with van der Waals surface area (Å²) in [5, 5.41) is 9.36. The number of rotatable bonds is 6. The van der Waals surface area contributed by atoms with Gasteiger partial charge in [-0.2, -0.15) is 0 Å². The van der Waals surface area contributed by atoms with E-state index < -0.39 is 5.97 Å². The zero-order valence-corrected chi connectivity index (χ0v) is 14.2. The smallest absolute Gasteiger partial charge is 0.307 e. The highest BCUT2D eigenvalue weighted by Crippen LogP contribution is 2.33. The molecular weight excluding hydrogens is 336 g/mol. The van der Waals surface area contributed by atoms with E-state index in [1.807, 2.05) is 60.7 Å². The molecule has 0 bridgehead atoms. The summed E-state index contributed by atoms with van der Waals surface area (Å²) in [6.45, 7) is 0.475. The minimum absolute atomic E-state index is 0.0920. The number of aliphatic carboxylic acids is 1. The van der Waals surface area contributed by atoms with Crippen LogP contribution in [0.5, 0.6) is 5.75 Å². The Bertz CT molecular complexity index is 875. The van der Waals surface area contributed by atoms with Crippen LogP contribution < -0.4 is 4.74 Å². The molecule has 25 heavy (non-hydrogen) atoms. The van der Waals surface area contributed by atoms with Crippen molar-refractivity contribution < 1.29 is 14.6 Å². The van der Waals surface area contributed by atoms with Gasteiger partial charge < -0.3 is 9.84 Å². The fraction of sp³-hybridized carbons (Fsp3) is 0.0952. The highest BCUT2D eigenvalue weighted by Gasteiger charge is 2.10. The number of ether oxygens (including phenoxy) is 1. The topological polar surface area (TPSA) is 46.5 Å². The Labute approximate surface area is 151 Å². The first kappa shape index (κ1) is 17.1. The molecule has 0 aliphatic heterocycles. The van der Waals surface area contributed by atoms with E-state index in [2.05, 4.69) is 0 Å². The number of hydrogen-bond donors (Lipinski definition) is 1. The zero-order chi connectivity index (χ0) is 17.6. The molecule has 3 aromatic carbocycles. The number of para-hydroxylation sites is 1. The first-order chi connectivity index (χ1) is 12.1. The molecule has 0 saturated heterocycles. The van der Waals surface area contributed by atoms with Crippen molar-refractivity contribution in [3.8, 4) is 16.9 Å². The van der Waals surface area contributed by atoms with Crippen molar-refractivity contribution in [2.24, 2.45) is 0 Å². The van der Waals surface area contributed by atoms with E-state index in [1.54, 1.807) is 12.1 Å². The van der Waals surface area contributed by atoms with Crippen LogP contribution in [0.25, 0.3) is 11.1 Å². The number of hydrogen-bond acceptors (Lipinski definition) is 2. The maximum absolute atomic E-state index is 10.9. The summed E-state index contributed by atoms with van der Waals surface area (Å²) in [6.07, 6.45) is -0.0920. The molecule has 0 unspecified atom stereocenters. The lowest BCUT2D eigenvalue weighted by atomic mass is 10.0. The Morgan fingerprint density at radius 2 is 1.68 bits per heavy atom. The zero-order valence-electron chi connectivity index (χ0n) is 13.5. The predicted octanol–water partition coefficient (Wildman–Crippen LogP) is 5.21. The molecule has 0 radical (unpaired) electrons. The molecule has 126 valence electrons. The van der Waals surface area contributed by atoms with Crippen LogP contribution in [-0.4, -0.2) is 11.1 Å². The SMILES string of the molecule is O=C(O)Cc1ccc(-c2ccccc2OCc2ccccc2)cc1Cl. The summed E-state index contributed by atoms with van der Waals surface area (Å²) in [6, 6.07) is 23.1. The van der Waals surface area contributed by atoms with E-state index in [-0.39, 0.29) is 6.42 Å². The van der Waals surface area contributed by atoms with Gasteiger partial charge in [0.15, 0.2) is 0 Å². The molecule has 0 aliphatic rings. The second kappa shape index (κ2) is 7.86. The average molecular weight is 353 g/mol. The third-order valence-electron chi connectivity index (χ3n) is 3.83. The molecule has 0 saturated carbocycles. The van der Waals surface area contributed by atoms with Crippen LogP contribution in [0.15, 0.2) is 72.8 Å². The third-order valence-corrected chi connectivity index (χ3v) is 4.18. The summed E-state index contributed by atoms with van der Waals surface area (Å²) in [5.41, 5.74) is 3.50. The van der Waals surface area contributed by atoms with E-state index in [1.165, 1.54) is 0 Å². The van der Waals surface area contributed by atoms with Crippen LogP contribution in [0, 0.1) is 0 Å². The Balaban J connectivity index is 1.85. The maximum Gasteiger partial charge on any atom is 0.307 e. The lowest BCUT2D eigenvalue weighted by Gasteiger charge is -2.13. The molecule has 1 N–H and O–H groups in total. The van der Waals surface area contributed by atoms with Gasteiger partial charge in [0.05, 0.1) is 6.42 Å². The average Bonchev–Trinajstić information content (AvgIpc) is 2.62. The molecule has 3 rings (SSSR count). The van der Waals surface area contributed by atoms with Crippen molar-refractivity contribution in [3.05, 3.63) is 88.9 Å². The summed E-state index contributed by atoms with van der Waals surface area (Å²) in [5.74, 6) is -0.144. The minimum Gasteiger partial charge on any atom is -0.488 e. The third kappa shape index (κ3) is 4.40. The molecule has 0 atom stereocenters. The van der Waals surface area contributed by atoms with Gasteiger partial charge in [-0.05, 0) is 28.8 Å². The van der Waals surface area contributed by atoms with Gasteiger partial charge in [-0.1, -0.05) is 72.3 Å². The fourth-order valence-electron chi connectivity index (χ4n) is 2.59. The maximum atomic E-state index is 10.9. The lowest BCUT2D eigenvalue weighted by Crippen LogP contribution is -2.01. The summed E-state index contributed by atoms with van der Waals surface area (Å²) in [7, 11) is 0. The Morgan fingerprint density at radius 1 is 0.960 bits per heavy atom.